The number of carbonyl (C=O) groups excluding carboxylic acids is 2. The molecule has 1 rings (SSSR count). The van der Waals surface area contributed by atoms with Crippen molar-refractivity contribution in [3.63, 3.8) is 0 Å². The Bertz CT molecular complexity index is 437. The molecule has 1 aromatic carbocycles. The van der Waals surface area contributed by atoms with Crippen molar-refractivity contribution in [2.45, 2.75) is 11.8 Å². The zero-order valence-electron chi connectivity index (χ0n) is 9.04. The summed E-state index contributed by atoms with van der Waals surface area (Å²) >= 11 is 3.98. The molecule has 17 heavy (non-hydrogen) atoms. The van der Waals surface area contributed by atoms with Crippen LogP contribution in [0.4, 0.5) is 4.39 Å². The molecule has 0 atom stereocenters. The summed E-state index contributed by atoms with van der Waals surface area (Å²) < 4.78 is 18.7. The van der Waals surface area contributed by atoms with Crippen molar-refractivity contribution >= 4 is 39.9 Å². The van der Waals surface area contributed by atoms with E-state index in [4.69, 9.17) is 4.74 Å². The Labute approximate surface area is 111 Å². The van der Waals surface area contributed by atoms with Crippen LogP contribution in [0.25, 0.3) is 0 Å². The van der Waals surface area contributed by atoms with E-state index < -0.39 is 11.8 Å². The van der Waals surface area contributed by atoms with Gasteiger partial charge in [0.15, 0.2) is 12.1 Å². The highest BCUT2D eigenvalue weighted by Crippen LogP contribution is 2.30. The number of ether oxygens (including phenoxy) is 1. The summed E-state index contributed by atoms with van der Waals surface area (Å²) in [5.41, 5.74) is 0.222. The van der Waals surface area contributed by atoms with Gasteiger partial charge in [-0.2, -0.15) is 0 Å². The highest BCUT2D eigenvalue weighted by Gasteiger charge is 2.14. The average Bonchev–Trinajstić information content (AvgIpc) is 2.31. The molecule has 0 saturated carbocycles. The lowest BCUT2D eigenvalue weighted by atomic mass is 10.2. The molecule has 1 aromatic rings. The van der Waals surface area contributed by atoms with Crippen molar-refractivity contribution in [2.24, 2.45) is 0 Å². The first-order valence-corrected chi connectivity index (χ1v) is 6.59. The normalized spacial score (nSPS) is 10.1. The molecule has 0 bridgehead atoms. The van der Waals surface area contributed by atoms with Crippen LogP contribution in [0.15, 0.2) is 21.5 Å². The maximum Gasteiger partial charge on any atom is 0.316 e. The number of rotatable bonds is 5. The number of aldehydes is 1. The first kappa shape index (κ1) is 14.2. The molecule has 0 aliphatic carbocycles. The minimum Gasteiger partial charge on any atom is -0.465 e. The van der Waals surface area contributed by atoms with Crippen LogP contribution >= 0.6 is 27.7 Å². The Hall–Kier alpha value is -0.880. The Kier molecular flexibility index (Phi) is 5.64. The molecule has 0 aromatic heterocycles. The molecule has 0 saturated heterocycles. The van der Waals surface area contributed by atoms with E-state index in [-0.39, 0.29) is 27.3 Å². The molecular formula is C11H10BrFO3S. The van der Waals surface area contributed by atoms with Crippen molar-refractivity contribution in [3.05, 3.63) is 28.0 Å². The fourth-order valence-electron chi connectivity index (χ4n) is 1.12. The quantitative estimate of drug-likeness (QED) is 0.475. The lowest BCUT2D eigenvalue weighted by Crippen LogP contribution is -2.07. The Morgan fingerprint density at radius 3 is 2.88 bits per heavy atom. The number of hydrogen-bond acceptors (Lipinski definition) is 4. The minimum absolute atomic E-state index is 0.0257. The average molecular weight is 321 g/mol. The molecule has 92 valence electrons. The van der Waals surface area contributed by atoms with E-state index in [0.717, 1.165) is 11.8 Å². The number of halogens is 2. The molecule has 0 amide bonds. The lowest BCUT2D eigenvalue weighted by Gasteiger charge is -2.07. The second kappa shape index (κ2) is 6.76. The van der Waals surface area contributed by atoms with Gasteiger partial charge in [-0.25, -0.2) is 4.39 Å². The summed E-state index contributed by atoms with van der Waals surface area (Å²) in [4.78, 5) is 22.1. The van der Waals surface area contributed by atoms with Crippen molar-refractivity contribution < 1.29 is 18.7 Å². The molecule has 0 radical (unpaired) electrons. The molecule has 0 fully saturated rings. The van der Waals surface area contributed by atoms with Gasteiger partial charge in [-0.05, 0) is 35.0 Å². The number of thioether (sulfide) groups is 1. The number of esters is 1. The topological polar surface area (TPSA) is 43.4 Å². The van der Waals surface area contributed by atoms with Crippen LogP contribution in [0.2, 0.25) is 0 Å². The monoisotopic (exact) mass is 320 g/mol. The van der Waals surface area contributed by atoms with E-state index in [1.54, 1.807) is 6.92 Å². The van der Waals surface area contributed by atoms with Gasteiger partial charge < -0.3 is 4.74 Å². The molecule has 0 heterocycles. The third-order valence-corrected chi connectivity index (χ3v) is 3.54. The Morgan fingerprint density at radius 1 is 1.59 bits per heavy atom. The van der Waals surface area contributed by atoms with Gasteiger partial charge in [-0.3, -0.25) is 9.59 Å². The van der Waals surface area contributed by atoms with E-state index in [1.807, 2.05) is 0 Å². The van der Waals surface area contributed by atoms with Crippen LogP contribution in [-0.2, 0) is 9.53 Å². The largest absolute Gasteiger partial charge is 0.465 e. The van der Waals surface area contributed by atoms with E-state index in [1.165, 1.54) is 12.1 Å². The van der Waals surface area contributed by atoms with Crippen molar-refractivity contribution in [1.82, 2.24) is 0 Å². The Balaban J connectivity index is 2.85. The summed E-state index contributed by atoms with van der Waals surface area (Å²) in [7, 11) is 0. The highest BCUT2D eigenvalue weighted by molar-refractivity contribution is 9.10. The standard InChI is InChI=1S/C11H10BrFO3S/c1-2-16-9(15)6-17-11-7(5-14)3-4-8(12)10(11)13/h3-5H,2,6H2,1H3. The second-order valence-electron chi connectivity index (χ2n) is 2.99. The predicted octanol–water partition coefficient (Wildman–Crippen LogP) is 3.06. The number of hydrogen-bond donors (Lipinski definition) is 0. The van der Waals surface area contributed by atoms with E-state index in [0.29, 0.717) is 6.29 Å². The highest BCUT2D eigenvalue weighted by atomic mass is 79.9. The summed E-state index contributed by atoms with van der Waals surface area (Å²) in [6.45, 7) is 1.97. The molecule has 0 N–H and O–H groups in total. The van der Waals surface area contributed by atoms with Gasteiger partial charge in [0.05, 0.1) is 21.7 Å². The summed E-state index contributed by atoms with van der Waals surface area (Å²) in [5, 5.41) is 0. The zero-order chi connectivity index (χ0) is 12.8. The van der Waals surface area contributed by atoms with Gasteiger partial charge in [0, 0.05) is 5.56 Å². The molecule has 0 aliphatic heterocycles. The van der Waals surface area contributed by atoms with Crippen LogP contribution < -0.4 is 0 Å². The zero-order valence-corrected chi connectivity index (χ0v) is 11.4. The first-order valence-electron chi connectivity index (χ1n) is 4.81. The smallest absolute Gasteiger partial charge is 0.316 e. The van der Waals surface area contributed by atoms with Crippen LogP contribution in [0.3, 0.4) is 0 Å². The molecule has 6 heteroatoms. The van der Waals surface area contributed by atoms with E-state index in [2.05, 4.69) is 15.9 Å². The van der Waals surface area contributed by atoms with Crippen molar-refractivity contribution in [1.29, 1.82) is 0 Å². The fourth-order valence-corrected chi connectivity index (χ4v) is 2.45. The van der Waals surface area contributed by atoms with Gasteiger partial charge in [-0.15, -0.1) is 11.8 Å². The second-order valence-corrected chi connectivity index (χ2v) is 4.83. The Morgan fingerprint density at radius 2 is 2.29 bits per heavy atom. The van der Waals surface area contributed by atoms with E-state index >= 15 is 0 Å². The van der Waals surface area contributed by atoms with Crippen molar-refractivity contribution in [2.75, 3.05) is 12.4 Å². The first-order chi connectivity index (χ1) is 8.10. The predicted molar refractivity (Wildman–Crippen MR) is 66.8 cm³/mol. The van der Waals surface area contributed by atoms with Crippen LogP contribution in [0, 0.1) is 5.82 Å². The van der Waals surface area contributed by atoms with Crippen LogP contribution in [0.1, 0.15) is 17.3 Å². The summed E-state index contributed by atoms with van der Waals surface area (Å²) in [5.74, 6) is -1.00. The number of benzene rings is 1. The maximum atomic E-state index is 13.7. The van der Waals surface area contributed by atoms with Gasteiger partial charge >= 0.3 is 5.97 Å². The lowest BCUT2D eigenvalue weighted by molar-refractivity contribution is -0.139. The molecule has 0 spiro atoms. The third-order valence-electron chi connectivity index (χ3n) is 1.85. The SMILES string of the molecule is CCOC(=O)CSc1c(C=O)ccc(Br)c1F. The van der Waals surface area contributed by atoms with Gasteiger partial charge in [0.1, 0.15) is 0 Å². The minimum atomic E-state index is -0.538. The number of carbonyl (C=O) groups is 2. The summed E-state index contributed by atoms with van der Waals surface area (Å²) in [6, 6.07) is 2.95. The van der Waals surface area contributed by atoms with Crippen LogP contribution in [0.5, 0.6) is 0 Å². The van der Waals surface area contributed by atoms with Crippen molar-refractivity contribution in [3.8, 4) is 0 Å². The molecule has 0 unspecified atom stereocenters. The maximum absolute atomic E-state index is 13.7. The van der Waals surface area contributed by atoms with E-state index in [9.17, 15) is 14.0 Å². The molecular weight excluding hydrogens is 311 g/mol. The third kappa shape index (κ3) is 3.81. The molecule has 0 aliphatic rings. The molecule has 3 nitrogen and oxygen atoms in total. The fraction of sp³-hybridized carbons (Fsp3) is 0.273. The summed E-state index contributed by atoms with van der Waals surface area (Å²) in [6.07, 6.45) is 0.559. The van der Waals surface area contributed by atoms with Gasteiger partial charge in [0.2, 0.25) is 0 Å². The van der Waals surface area contributed by atoms with Gasteiger partial charge in [0.25, 0.3) is 0 Å². The van der Waals surface area contributed by atoms with Crippen LogP contribution in [-0.4, -0.2) is 24.6 Å². The van der Waals surface area contributed by atoms with Gasteiger partial charge in [-0.1, -0.05) is 0 Å².